The van der Waals surface area contributed by atoms with Gasteiger partial charge in [-0.3, -0.25) is 4.79 Å². The van der Waals surface area contributed by atoms with Crippen molar-refractivity contribution >= 4 is 29.0 Å². The molecule has 0 aliphatic carbocycles. The van der Waals surface area contributed by atoms with E-state index in [0.29, 0.717) is 0 Å². The lowest BCUT2D eigenvalue weighted by Crippen LogP contribution is -2.36. The van der Waals surface area contributed by atoms with Crippen LogP contribution in [0.4, 0.5) is 27.8 Å². The molecule has 2 saturated heterocycles. The van der Waals surface area contributed by atoms with Crippen molar-refractivity contribution in [1.82, 2.24) is 14.9 Å². The van der Waals surface area contributed by atoms with E-state index in [0.717, 1.165) is 49.3 Å². The van der Waals surface area contributed by atoms with Crippen LogP contribution in [0.25, 0.3) is 10.4 Å². The smallest absolute Gasteiger partial charge is 0.408 e. The zero-order valence-corrected chi connectivity index (χ0v) is 20.4. The summed E-state index contributed by atoms with van der Waals surface area (Å²) >= 11 is 0.724. The maximum absolute atomic E-state index is 14.1. The average Bonchev–Trinajstić information content (AvgIpc) is 3.56. The van der Waals surface area contributed by atoms with E-state index in [1.54, 1.807) is 11.8 Å². The molecule has 2 aliphatic rings. The Balaban J connectivity index is 1.77. The Morgan fingerprint density at radius 2 is 1.83 bits per heavy atom. The molecule has 13 heteroatoms. The first-order valence-corrected chi connectivity index (χ1v) is 12.5. The quantitative estimate of drug-likeness (QED) is 0.340. The first-order valence-electron chi connectivity index (χ1n) is 11.7. The summed E-state index contributed by atoms with van der Waals surface area (Å²) in [6.45, 7) is 2.95. The Hall–Kier alpha value is -2.83. The SMILES string of the molecule is CCOC(=O)c1nc(C(=O)N2C3CCC2CC3)c(-c2cnc(NC(CC)C(F)(F)F)cc2C(F)F)s1. The van der Waals surface area contributed by atoms with Gasteiger partial charge in [0.1, 0.15) is 17.6 Å². The predicted octanol–water partition coefficient (Wildman–Crippen LogP) is 5.84. The topological polar surface area (TPSA) is 84.4 Å². The normalized spacial score (nSPS) is 20.2. The van der Waals surface area contributed by atoms with Gasteiger partial charge in [-0.1, -0.05) is 6.92 Å². The van der Waals surface area contributed by atoms with Crippen molar-refractivity contribution in [2.75, 3.05) is 11.9 Å². The van der Waals surface area contributed by atoms with Gasteiger partial charge in [-0.15, -0.1) is 11.3 Å². The summed E-state index contributed by atoms with van der Waals surface area (Å²) in [6.07, 6.45) is -3.68. The van der Waals surface area contributed by atoms with Gasteiger partial charge in [0.15, 0.2) is 0 Å². The summed E-state index contributed by atoms with van der Waals surface area (Å²) in [5, 5.41) is 1.98. The van der Waals surface area contributed by atoms with Crippen molar-refractivity contribution in [2.45, 2.75) is 76.7 Å². The maximum atomic E-state index is 14.1. The highest BCUT2D eigenvalue weighted by atomic mass is 32.1. The third-order valence-corrected chi connectivity index (χ3v) is 7.58. The molecule has 36 heavy (non-hydrogen) atoms. The lowest BCUT2D eigenvalue weighted by Gasteiger charge is -2.22. The Bertz CT molecular complexity index is 1120. The second kappa shape index (κ2) is 10.3. The number of nitrogens with one attached hydrogen (secondary N) is 1. The Labute approximate surface area is 208 Å². The number of nitrogens with zero attached hydrogens (tertiary/aromatic N) is 3. The molecule has 2 aromatic heterocycles. The lowest BCUT2D eigenvalue weighted by atomic mass is 10.0. The van der Waals surface area contributed by atoms with E-state index < -0.39 is 36.1 Å². The second-order valence-electron chi connectivity index (χ2n) is 8.70. The van der Waals surface area contributed by atoms with E-state index in [-0.39, 0.29) is 52.1 Å². The lowest BCUT2D eigenvalue weighted by molar-refractivity contribution is -0.142. The van der Waals surface area contributed by atoms with Crippen LogP contribution >= 0.6 is 11.3 Å². The highest BCUT2D eigenvalue weighted by Crippen LogP contribution is 2.42. The third kappa shape index (κ3) is 5.02. The summed E-state index contributed by atoms with van der Waals surface area (Å²) in [4.78, 5) is 35.7. The highest BCUT2D eigenvalue weighted by Gasteiger charge is 2.44. The number of amides is 1. The van der Waals surface area contributed by atoms with Crippen LogP contribution in [0.2, 0.25) is 0 Å². The Kier molecular flexibility index (Phi) is 7.48. The molecule has 0 spiro atoms. The van der Waals surface area contributed by atoms with Crippen molar-refractivity contribution in [1.29, 1.82) is 0 Å². The van der Waals surface area contributed by atoms with Crippen molar-refractivity contribution in [3.63, 3.8) is 0 Å². The molecule has 1 unspecified atom stereocenters. The van der Waals surface area contributed by atoms with Crippen molar-refractivity contribution in [3.05, 3.63) is 28.5 Å². The van der Waals surface area contributed by atoms with E-state index in [1.165, 1.54) is 6.92 Å². The second-order valence-corrected chi connectivity index (χ2v) is 9.70. The number of pyridine rings is 1. The van der Waals surface area contributed by atoms with Gasteiger partial charge in [0, 0.05) is 29.4 Å². The first-order chi connectivity index (χ1) is 17.0. The zero-order valence-electron chi connectivity index (χ0n) is 19.6. The van der Waals surface area contributed by atoms with Crippen LogP contribution in [-0.4, -0.2) is 57.7 Å². The van der Waals surface area contributed by atoms with E-state index >= 15 is 0 Å². The van der Waals surface area contributed by atoms with Gasteiger partial charge in [-0.05, 0) is 45.1 Å². The summed E-state index contributed by atoms with van der Waals surface area (Å²) in [5.74, 6) is -1.64. The maximum Gasteiger partial charge on any atom is 0.408 e. The molecule has 196 valence electrons. The van der Waals surface area contributed by atoms with Crippen LogP contribution in [0.5, 0.6) is 0 Å². The van der Waals surface area contributed by atoms with Gasteiger partial charge in [0.25, 0.3) is 12.3 Å². The van der Waals surface area contributed by atoms with Crippen LogP contribution in [0.15, 0.2) is 12.3 Å². The Morgan fingerprint density at radius 3 is 2.36 bits per heavy atom. The first kappa shape index (κ1) is 26.2. The van der Waals surface area contributed by atoms with Gasteiger partial charge < -0.3 is 15.0 Å². The number of carbonyl (C=O) groups excluding carboxylic acids is 2. The molecule has 4 heterocycles. The number of alkyl halides is 5. The zero-order chi connectivity index (χ0) is 26.2. The van der Waals surface area contributed by atoms with E-state index in [2.05, 4.69) is 15.3 Å². The van der Waals surface area contributed by atoms with Gasteiger partial charge >= 0.3 is 12.1 Å². The summed E-state index contributed by atoms with van der Waals surface area (Å²) in [6, 6.07) is -1.08. The number of aromatic nitrogens is 2. The monoisotopic (exact) mass is 532 g/mol. The van der Waals surface area contributed by atoms with E-state index in [1.807, 2.05) is 0 Å². The molecule has 2 aromatic rings. The number of carbonyl (C=O) groups is 2. The van der Waals surface area contributed by atoms with Gasteiger partial charge in [0.2, 0.25) is 5.01 Å². The van der Waals surface area contributed by atoms with Crippen LogP contribution in [-0.2, 0) is 4.74 Å². The number of hydrogen-bond donors (Lipinski definition) is 1. The van der Waals surface area contributed by atoms with Crippen LogP contribution in [0.3, 0.4) is 0 Å². The molecule has 0 saturated carbocycles. The van der Waals surface area contributed by atoms with Gasteiger partial charge in [0.05, 0.1) is 11.5 Å². The van der Waals surface area contributed by atoms with Crippen LogP contribution < -0.4 is 5.32 Å². The molecule has 7 nitrogen and oxygen atoms in total. The van der Waals surface area contributed by atoms with Crippen molar-refractivity contribution in [3.8, 4) is 10.4 Å². The van der Waals surface area contributed by atoms with Gasteiger partial charge in [-0.2, -0.15) is 13.2 Å². The Morgan fingerprint density at radius 1 is 1.19 bits per heavy atom. The predicted molar refractivity (Wildman–Crippen MR) is 122 cm³/mol. The van der Waals surface area contributed by atoms with Gasteiger partial charge in [-0.25, -0.2) is 23.5 Å². The fraction of sp³-hybridized carbons (Fsp3) is 0.565. The standard InChI is InChI=1S/C23H25F5N4O3S/c1-3-15(23(26,27)28)30-16-9-13(19(24)25)14(10-29-16)18-17(31-20(36-18)22(34)35-4-2)21(33)32-11-5-6-12(32)8-7-11/h9-12,15,19H,3-8H2,1-2H3,(H,29,30). The average molecular weight is 533 g/mol. The summed E-state index contributed by atoms with van der Waals surface area (Å²) < 4.78 is 72.8. The van der Waals surface area contributed by atoms with E-state index in [4.69, 9.17) is 4.74 Å². The third-order valence-electron chi connectivity index (χ3n) is 6.51. The van der Waals surface area contributed by atoms with Crippen molar-refractivity contribution in [2.24, 2.45) is 0 Å². The molecular formula is C23H25F5N4O3S. The molecule has 2 aliphatic heterocycles. The minimum atomic E-state index is -4.60. The minimum Gasteiger partial charge on any atom is -0.461 e. The molecule has 0 aromatic carbocycles. The number of hydrogen-bond acceptors (Lipinski definition) is 7. The number of esters is 1. The molecule has 1 amide bonds. The number of fused-ring (bicyclic) bond motifs is 2. The fourth-order valence-corrected chi connectivity index (χ4v) is 5.79. The highest BCUT2D eigenvalue weighted by molar-refractivity contribution is 7.17. The van der Waals surface area contributed by atoms with Crippen molar-refractivity contribution < 1.29 is 36.3 Å². The number of thiazole rings is 1. The molecule has 0 radical (unpaired) electrons. The number of rotatable bonds is 8. The summed E-state index contributed by atoms with van der Waals surface area (Å²) in [5.41, 5.74) is -0.950. The molecule has 1 atom stereocenters. The molecular weight excluding hydrogens is 507 g/mol. The molecule has 4 rings (SSSR count). The minimum absolute atomic E-state index is 0.00608. The number of halogens is 5. The fourth-order valence-electron chi connectivity index (χ4n) is 4.81. The largest absolute Gasteiger partial charge is 0.461 e. The van der Waals surface area contributed by atoms with Crippen LogP contribution in [0, 0.1) is 0 Å². The van der Waals surface area contributed by atoms with Crippen LogP contribution in [0.1, 0.15) is 78.2 Å². The summed E-state index contributed by atoms with van der Waals surface area (Å²) in [7, 11) is 0. The molecule has 1 N–H and O–H groups in total. The van der Waals surface area contributed by atoms with E-state index in [9.17, 15) is 31.5 Å². The molecule has 2 fully saturated rings. The number of ether oxygens (including phenoxy) is 1. The number of anilines is 1. The molecule has 2 bridgehead atoms.